The minimum absolute atomic E-state index is 0.0911. The van der Waals surface area contributed by atoms with Crippen LogP contribution in [-0.4, -0.2) is 20.4 Å². The molecule has 1 saturated carbocycles. The van der Waals surface area contributed by atoms with E-state index in [9.17, 15) is 17.6 Å². The van der Waals surface area contributed by atoms with Crippen molar-refractivity contribution in [3.8, 4) is 0 Å². The molecule has 0 bridgehead atoms. The maximum Gasteiger partial charge on any atom is 0.255 e. The number of hydrogen-bond acceptors (Lipinski definition) is 3. The van der Waals surface area contributed by atoms with Gasteiger partial charge >= 0.3 is 0 Å². The molecule has 1 fully saturated rings. The van der Waals surface area contributed by atoms with Crippen LogP contribution in [0.5, 0.6) is 0 Å². The zero-order valence-electron chi connectivity index (χ0n) is 14.5. The van der Waals surface area contributed by atoms with Gasteiger partial charge in [-0.15, -0.1) is 0 Å². The molecule has 0 saturated heterocycles. The molecule has 2 aromatic carbocycles. The SMILES string of the molecule is O=C(Nc1ccc(S(=O)(=O)NC2CCCCC2)cc1F)c1ccc(Cl)cc1. The predicted molar refractivity (Wildman–Crippen MR) is 103 cm³/mol. The molecule has 0 atom stereocenters. The van der Waals surface area contributed by atoms with E-state index in [4.69, 9.17) is 11.6 Å². The van der Waals surface area contributed by atoms with Crippen molar-refractivity contribution in [2.24, 2.45) is 0 Å². The molecule has 144 valence electrons. The number of sulfonamides is 1. The second-order valence-corrected chi connectivity index (χ2v) is 8.71. The van der Waals surface area contributed by atoms with Crippen LogP contribution in [0.25, 0.3) is 0 Å². The van der Waals surface area contributed by atoms with Gasteiger partial charge in [-0.3, -0.25) is 4.79 Å². The lowest BCUT2D eigenvalue weighted by molar-refractivity contribution is 0.102. The van der Waals surface area contributed by atoms with E-state index in [2.05, 4.69) is 10.0 Å². The fraction of sp³-hybridized carbons (Fsp3) is 0.316. The Balaban J connectivity index is 1.72. The maximum atomic E-state index is 14.4. The average molecular weight is 411 g/mol. The van der Waals surface area contributed by atoms with Crippen LogP contribution in [0.3, 0.4) is 0 Å². The molecular formula is C19H20ClFN2O3S. The molecule has 1 aliphatic rings. The summed E-state index contributed by atoms with van der Waals surface area (Å²) in [6, 6.07) is 9.48. The largest absolute Gasteiger partial charge is 0.319 e. The number of hydrogen-bond donors (Lipinski definition) is 2. The highest BCUT2D eigenvalue weighted by atomic mass is 35.5. The third-order valence-corrected chi connectivity index (χ3v) is 6.30. The second kappa shape index (κ2) is 8.37. The Bertz CT molecular complexity index is 926. The molecule has 0 heterocycles. The first-order valence-corrected chi connectivity index (χ1v) is 10.6. The fourth-order valence-electron chi connectivity index (χ4n) is 3.07. The molecule has 5 nitrogen and oxygen atoms in total. The summed E-state index contributed by atoms with van der Waals surface area (Å²) in [5.74, 6) is -1.33. The van der Waals surface area contributed by atoms with Gasteiger partial charge in [0, 0.05) is 16.6 Å². The molecule has 8 heteroatoms. The summed E-state index contributed by atoms with van der Waals surface area (Å²) in [4.78, 5) is 12.0. The van der Waals surface area contributed by atoms with Crippen LogP contribution in [-0.2, 0) is 10.0 Å². The fourth-order valence-corrected chi connectivity index (χ4v) is 4.51. The van der Waals surface area contributed by atoms with Gasteiger partial charge in [0.1, 0.15) is 5.82 Å². The van der Waals surface area contributed by atoms with E-state index in [1.807, 2.05) is 0 Å². The summed E-state index contributed by atoms with van der Waals surface area (Å²) in [5.41, 5.74) is 0.223. The summed E-state index contributed by atoms with van der Waals surface area (Å²) in [6.45, 7) is 0. The van der Waals surface area contributed by atoms with Gasteiger partial charge in [-0.1, -0.05) is 30.9 Å². The molecule has 3 rings (SSSR count). The van der Waals surface area contributed by atoms with Crippen LogP contribution in [0.15, 0.2) is 47.4 Å². The number of nitrogens with one attached hydrogen (secondary N) is 2. The third-order valence-electron chi connectivity index (χ3n) is 4.53. The Kier molecular flexibility index (Phi) is 6.14. The summed E-state index contributed by atoms with van der Waals surface area (Å²) >= 11 is 5.78. The second-order valence-electron chi connectivity index (χ2n) is 6.56. The quantitative estimate of drug-likeness (QED) is 0.769. The van der Waals surface area contributed by atoms with Crippen LogP contribution >= 0.6 is 11.6 Å². The molecular weight excluding hydrogens is 391 g/mol. The Morgan fingerprint density at radius 3 is 2.33 bits per heavy atom. The Labute approximate surface area is 163 Å². The van der Waals surface area contributed by atoms with Crippen LogP contribution < -0.4 is 10.0 Å². The van der Waals surface area contributed by atoms with Crippen LogP contribution in [0, 0.1) is 5.82 Å². The summed E-state index contributed by atoms with van der Waals surface area (Å²) in [6.07, 6.45) is 4.65. The molecule has 2 N–H and O–H groups in total. The van der Waals surface area contributed by atoms with Crippen LogP contribution in [0.2, 0.25) is 5.02 Å². The molecule has 27 heavy (non-hydrogen) atoms. The molecule has 2 aromatic rings. The Hall–Kier alpha value is -1.96. The number of rotatable bonds is 5. The Morgan fingerprint density at radius 1 is 1.04 bits per heavy atom. The lowest BCUT2D eigenvalue weighted by Gasteiger charge is -2.22. The minimum atomic E-state index is -3.80. The van der Waals surface area contributed by atoms with E-state index >= 15 is 0 Å². The molecule has 0 aromatic heterocycles. The lowest BCUT2D eigenvalue weighted by Crippen LogP contribution is -2.36. The van der Waals surface area contributed by atoms with Crippen molar-refractivity contribution < 1.29 is 17.6 Å². The van der Waals surface area contributed by atoms with Crippen molar-refractivity contribution in [1.29, 1.82) is 0 Å². The summed E-state index contributed by atoms with van der Waals surface area (Å²) < 4.78 is 41.9. The monoisotopic (exact) mass is 410 g/mol. The standard InChI is InChI=1S/C19H20ClFN2O3S/c20-14-8-6-13(7-9-14)19(24)22-18-11-10-16(12-17(18)21)27(25,26)23-15-4-2-1-3-5-15/h6-12,15,23H,1-5H2,(H,22,24). The van der Waals surface area contributed by atoms with Crippen molar-refractivity contribution in [1.82, 2.24) is 4.72 Å². The zero-order valence-corrected chi connectivity index (χ0v) is 16.1. The van der Waals surface area contributed by atoms with Gasteiger partial charge < -0.3 is 5.32 Å². The highest BCUT2D eigenvalue weighted by molar-refractivity contribution is 7.89. The number of benzene rings is 2. The lowest BCUT2D eigenvalue weighted by atomic mass is 9.96. The summed E-state index contributed by atoms with van der Waals surface area (Å²) in [5, 5.41) is 2.92. The number of carbonyl (C=O) groups excluding carboxylic acids is 1. The van der Waals surface area contributed by atoms with Gasteiger partial charge in [0.15, 0.2) is 0 Å². The topological polar surface area (TPSA) is 75.3 Å². The molecule has 0 spiro atoms. The average Bonchev–Trinajstić information content (AvgIpc) is 2.64. The predicted octanol–water partition coefficient (Wildman–Crippen LogP) is 4.34. The van der Waals surface area contributed by atoms with Gasteiger partial charge in [-0.05, 0) is 55.3 Å². The molecule has 0 aliphatic heterocycles. The molecule has 0 radical (unpaired) electrons. The Morgan fingerprint density at radius 2 is 1.70 bits per heavy atom. The van der Waals surface area contributed by atoms with E-state index in [0.29, 0.717) is 10.6 Å². The van der Waals surface area contributed by atoms with Crippen molar-refractivity contribution in [2.45, 2.75) is 43.0 Å². The van der Waals surface area contributed by atoms with Crippen LogP contribution in [0.1, 0.15) is 42.5 Å². The van der Waals surface area contributed by atoms with Crippen molar-refractivity contribution in [3.05, 3.63) is 58.9 Å². The van der Waals surface area contributed by atoms with E-state index in [1.165, 1.54) is 24.3 Å². The molecule has 1 amide bonds. The van der Waals surface area contributed by atoms with E-state index < -0.39 is 21.7 Å². The maximum absolute atomic E-state index is 14.4. The van der Waals surface area contributed by atoms with Gasteiger partial charge in [-0.25, -0.2) is 17.5 Å². The van der Waals surface area contributed by atoms with Gasteiger partial charge in [0.25, 0.3) is 5.91 Å². The van der Waals surface area contributed by atoms with E-state index in [0.717, 1.165) is 38.2 Å². The highest BCUT2D eigenvalue weighted by Crippen LogP contribution is 2.23. The highest BCUT2D eigenvalue weighted by Gasteiger charge is 2.23. The first-order chi connectivity index (χ1) is 12.8. The number of carbonyl (C=O) groups is 1. The summed E-state index contributed by atoms with van der Waals surface area (Å²) in [7, 11) is -3.80. The third kappa shape index (κ3) is 5.06. The van der Waals surface area contributed by atoms with Crippen molar-refractivity contribution in [3.63, 3.8) is 0 Å². The van der Waals surface area contributed by atoms with Gasteiger partial charge in [0.05, 0.1) is 10.6 Å². The number of amides is 1. The molecule has 0 unspecified atom stereocenters. The zero-order chi connectivity index (χ0) is 19.4. The number of anilines is 1. The minimum Gasteiger partial charge on any atom is -0.319 e. The first-order valence-electron chi connectivity index (χ1n) is 8.74. The molecule has 1 aliphatic carbocycles. The van der Waals surface area contributed by atoms with E-state index in [-0.39, 0.29) is 16.6 Å². The number of halogens is 2. The first kappa shape index (κ1) is 19.8. The smallest absolute Gasteiger partial charge is 0.255 e. The van der Waals surface area contributed by atoms with Gasteiger partial charge in [-0.2, -0.15) is 0 Å². The normalized spacial score (nSPS) is 15.5. The van der Waals surface area contributed by atoms with Crippen molar-refractivity contribution >= 4 is 33.2 Å². The van der Waals surface area contributed by atoms with Crippen molar-refractivity contribution in [2.75, 3.05) is 5.32 Å². The van der Waals surface area contributed by atoms with Gasteiger partial charge in [0.2, 0.25) is 10.0 Å². The van der Waals surface area contributed by atoms with E-state index in [1.54, 1.807) is 12.1 Å². The van der Waals surface area contributed by atoms with Crippen LogP contribution in [0.4, 0.5) is 10.1 Å².